The second-order valence-corrected chi connectivity index (χ2v) is 6.14. The molecule has 2 N–H and O–H groups in total. The number of benzene rings is 1. The van der Waals surface area contributed by atoms with E-state index in [0.717, 1.165) is 0 Å². The van der Waals surface area contributed by atoms with E-state index < -0.39 is 0 Å². The van der Waals surface area contributed by atoms with Gasteiger partial charge in [-0.15, -0.1) is 0 Å². The highest BCUT2D eigenvalue weighted by atomic mass is 16.5. The number of ether oxygens (including phenoxy) is 1. The van der Waals surface area contributed by atoms with Crippen molar-refractivity contribution in [3.05, 3.63) is 29.8 Å². The Morgan fingerprint density at radius 3 is 2.45 bits per heavy atom. The number of amides is 1. The number of carbonyl (C=O) groups is 1. The Labute approximate surface area is 133 Å². The quantitative estimate of drug-likeness (QED) is 0.758. The van der Waals surface area contributed by atoms with E-state index in [0.29, 0.717) is 12.6 Å². The lowest BCUT2D eigenvalue weighted by molar-refractivity contribution is -0.918. The molecule has 1 aromatic carbocycles. The number of likely N-dealkylation sites (tertiary alicyclic amines) is 1. The van der Waals surface area contributed by atoms with Gasteiger partial charge in [-0.3, -0.25) is 4.79 Å². The number of carbonyl (C=O) groups excluding carboxylic acids is 1. The molecule has 0 aromatic heterocycles. The number of hydrogen-bond acceptors (Lipinski definition) is 3. The zero-order chi connectivity index (χ0) is 15.9. The molecule has 1 fully saturated rings. The molecule has 1 aromatic rings. The van der Waals surface area contributed by atoms with Crippen LogP contribution in [-0.2, 0) is 9.53 Å². The predicted octanol–water partition coefficient (Wildman–Crippen LogP) is 0.235. The summed E-state index contributed by atoms with van der Waals surface area (Å²) in [7, 11) is 5.63. The van der Waals surface area contributed by atoms with E-state index in [4.69, 9.17) is 4.74 Å². The van der Waals surface area contributed by atoms with Gasteiger partial charge in [0.2, 0.25) is 5.91 Å². The predicted molar refractivity (Wildman–Crippen MR) is 88.3 cm³/mol. The van der Waals surface area contributed by atoms with Crippen molar-refractivity contribution in [2.45, 2.75) is 18.9 Å². The first kappa shape index (κ1) is 16.8. The van der Waals surface area contributed by atoms with Crippen LogP contribution in [0.3, 0.4) is 0 Å². The molecule has 0 aliphatic carbocycles. The fourth-order valence-electron chi connectivity index (χ4n) is 3.08. The van der Waals surface area contributed by atoms with Gasteiger partial charge in [-0.05, 0) is 12.1 Å². The van der Waals surface area contributed by atoms with E-state index in [9.17, 15) is 4.79 Å². The second kappa shape index (κ2) is 8.15. The molecular formula is C17H28N3O2+. The number of rotatable bonds is 7. The summed E-state index contributed by atoms with van der Waals surface area (Å²) in [6, 6.07) is 8.99. The third-order valence-corrected chi connectivity index (χ3v) is 4.33. The third-order valence-electron chi connectivity index (χ3n) is 4.33. The molecule has 5 nitrogen and oxygen atoms in total. The van der Waals surface area contributed by atoms with E-state index in [2.05, 4.69) is 34.5 Å². The van der Waals surface area contributed by atoms with Gasteiger partial charge in [-0.25, -0.2) is 0 Å². The van der Waals surface area contributed by atoms with Crippen molar-refractivity contribution in [3.63, 3.8) is 0 Å². The van der Waals surface area contributed by atoms with Gasteiger partial charge in [-0.1, -0.05) is 12.1 Å². The van der Waals surface area contributed by atoms with Crippen LogP contribution in [-0.4, -0.2) is 53.4 Å². The van der Waals surface area contributed by atoms with Crippen molar-refractivity contribution in [2.75, 3.05) is 52.3 Å². The van der Waals surface area contributed by atoms with Crippen molar-refractivity contribution in [1.29, 1.82) is 0 Å². The van der Waals surface area contributed by atoms with Crippen LogP contribution in [0.1, 0.15) is 24.4 Å². The summed E-state index contributed by atoms with van der Waals surface area (Å²) in [5.74, 6) is -0.0454. The number of hydrogen-bond donors (Lipinski definition) is 2. The average molecular weight is 306 g/mol. The maximum Gasteiger partial charge on any atom is 0.246 e. The minimum absolute atomic E-state index is 0.0454. The largest absolute Gasteiger partial charge is 0.378 e. The number of methoxy groups -OCH3 is 1. The molecule has 0 bridgehead atoms. The minimum Gasteiger partial charge on any atom is -0.378 e. The minimum atomic E-state index is -0.0454. The lowest BCUT2D eigenvalue weighted by Gasteiger charge is -2.26. The van der Waals surface area contributed by atoms with Crippen molar-refractivity contribution < 1.29 is 14.4 Å². The Morgan fingerprint density at radius 1 is 1.27 bits per heavy atom. The van der Waals surface area contributed by atoms with Crippen molar-refractivity contribution in [1.82, 2.24) is 5.32 Å². The lowest BCUT2D eigenvalue weighted by atomic mass is 10.0. The zero-order valence-corrected chi connectivity index (χ0v) is 13.9. The van der Waals surface area contributed by atoms with Crippen LogP contribution < -0.4 is 15.1 Å². The number of quaternary nitrogens is 1. The molecule has 5 heteroatoms. The van der Waals surface area contributed by atoms with Crippen LogP contribution in [0.5, 0.6) is 0 Å². The number of nitrogens with zero attached hydrogens (tertiary/aromatic N) is 1. The molecule has 0 saturated carbocycles. The molecule has 1 atom stereocenters. The van der Waals surface area contributed by atoms with Crippen molar-refractivity contribution in [3.8, 4) is 0 Å². The fraction of sp³-hybridized carbons (Fsp3) is 0.588. The van der Waals surface area contributed by atoms with Crippen LogP contribution in [0.2, 0.25) is 0 Å². The molecule has 2 rings (SSSR count). The van der Waals surface area contributed by atoms with Crippen LogP contribution in [0, 0.1) is 0 Å². The first-order valence-electron chi connectivity index (χ1n) is 7.99. The summed E-state index contributed by atoms with van der Waals surface area (Å²) < 4.78 is 4.88. The molecule has 1 heterocycles. The van der Waals surface area contributed by atoms with E-state index >= 15 is 0 Å². The molecule has 122 valence electrons. The van der Waals surface area contributed by atoms with Crippen molar-refractivity contribution in [2.24, 2.45) is 0 Å². The van der Waals surface area contributed by atoms with Crippen molar-refractivity contribution >= 4 is 11.6 Å². The number of nitrogens with one attached hydrogen (secondary N) is 2. The highest BCUT2D eigenvalue weighted by molar-refractivity contribution is 5.77. The Bertz CT molecular complexity index is 467. The third kappa shape index (κ3) is 4.45. The number of anilines is 1. The van der Waals surface area contributed by atoms with Crippen LogP contribution in [0.15, 0.2) is 24.3 Å². The SMILES string of the molecule is COCC(=O)NC[C@@H](c1ccc(N(C)C)cc1)[NH+]1CCCC1. The summed E-state index contributed by atoms with van der Waals surface area (Å²) in [5, 5.41) is 3.00. The highest BCUT2D eigenvalue weighted by Gasteiger charge is 2.27. The van der Waals surface area contributed by atoms with Gasteiger partial charge in [-0.2, -0.15) is 0 Å². The Morgan fingerprint density at radius 2 is 1.91 bits per heavy atom. The molecule has 1 aliphatic rings. The Balaban J connectivity index is 2.07. The van der Waals surface area contributed by atoms with Gasteiger partial charge in [0.25, 0.3) is 0 Å². The van der Waals surface area contributed by atoms with Crippen LogP contribution in [0.4, 0.5) is 5.69 Å². The Hall–Kier alpha value is -1.59. The molecule has 1 aliphatic heterocycles. The molecule has 1 saturated heterocycles. The first-order valence-corrected chi connectivity index (χ1v) is 7.99. The summed E-state index contributed by atoms with van der Waals surface area (Å²) in [6.07, 6.45) is 2.54. The van der Waals surface area contributed by atoms with E-state index in [-0.39, 0.29) is 12.5 Å². The van der Waals surface area contributed by atoms with Gasteiger partial charge in [0.05, 0.1) is 19.6 Å². The molecule has 0 radical (unpaired) electrons. The highest BCUT2D eigenvalue weighted by Crippen LogP contribution is 2.17. The van der Waals surface area contributed by atoms with Gasteiger partial charge < -0.3 is 19.9 Å². The molecule has 22 heavy (non-hydrogen) atoms. The molecule has 0 unspecified atom stereocenters. The van der Waals surface area contributed by atoms with E-state index in [1.807, 2.05) is 14.1 Å². The van der Waals surface area contributed by atoms with Gasteiger partial charge in [0.1, 0.15) is 12.6 Å². The zero-order valence-electron chi connectivity index (χ0n) is 13.9. The monoisotopic (exact) mass is 306 g/mol. The van der Waals surface area contributed by atoms with Crippen LogP contribution in [0.25, 0.3) is 0 Å². The maximum absolute atomic E-state index is 11.7. The summed E-state index contributed by atoms with van der Waals surface area (Å²) in [6.45, 7) is 3.15. The summed E-state index contributed by atoms with van der Waals surface area (Å²) >= 11 is 0. The first-order chi connectivity index (χ1) is 10.6. The lowest BCUT2D eigenvalue weighted by Crippen LogP contribution is -3.11. The molecule has 0 spiro atoms. The Kier molecular flexibility index (Phi) is 6.21. The van der Waals surface area contributed by atoms with Crippen LogP contribution >= 0.6 is 0 Å². The fourth-order valence-corrected chi connectivity index (χ4v) is 3.08. The average Bonchev–Trinajstić information content (AvgIpc) is 3.02. The smallest absolute Gasteiger partial charge is 0.246 e. The second-order valence-electron chi connectivity index (χ2n) is 6.14. The molecule has 1 amide bonds. The standard InChI is InChI=1S/C17H27N3O2/c1-19(2)15-8-6-14(7-9-15)16(20-10-4-5-11-20)12-18-17(21)13-22-3/h6-9,16H,4-5,10-13H2,1-3H3,(H,18,21)/p+1/t16-/m0/s1. The van der Waals surface area contributed by atoms with E-state index in [1.165, 1.54) is 37.2 Å². The summed E-state index contributed by atoms with van der Waals surface area (Å²) in [5.41, 5.74) is 2.49. The van der Waals surface area contributed by atoms with E-state index in [1.54, 1.807) is 12.0 Å². The summed E-state index contributed by atoms with van der Waals surface area (Å²) in [4.78, 5) is 15.3. The molecular weight excluding hydrogens is 278 g/mol. The van der Waals surface area contributed by atoms with Gasteiger partial charge in [0.15, 0.2) is 0 Å². The maximum atomic E-state index is 11.7. The normalized spacial score (nSPS) is 16.5. The van der Waals surface area contributed by atoms with Gasteiger partial charge in [0, 0.05) is 45.3 Å². The topological polar surface area (TPSA) is 46.0 Å². The van der Waals surface area contributed by atoms with Gasteiger partial charge >= 0.3 is 0 Å².